The summed E-state index contributed by atoms with van der Waals surface area (Å²) in [5.74, 6) is -0.589. The third-order valence-corrected chi connectivity index (χ3v) is 3.44. The Balaban J connectivity index is 2.38. The summed E-state index contributed by atoms with van der Waals surface area (Å²) in [6.07, 6.45) is 0.381. The van der Waals surface area contributed by atoms with Gasteiger partial charge >= 0.3 is 5.97 Å². The van der Waals surface area contributed by atoms with Gasteiger partial charge in [0, 0.05) is 11.9 Å². The number of esters is 1. The van der Waals surface area contributed by atoms with E-state index in [1.54, 1.807) is 5.38 Å². The molecule has 0 atom stereocenters. The van der Waals surface area contributed by atoms with Crippen molar-refractivity contribution in [2.75, 3.05) is 24.7 Å². The molecule has 0 fully saturated rings. The molecular weight excluding hydrogens is 266 g/mol. The van der Waals surface area contributed by atoms with E-state index in [4.69, 9.17) is 5.14 Å². The van der Waals surface area contributed by atoms with Gasteiger partial charge < -0.3 is 10.1 Å². The second-order valence-corrected chi connectivity index (χ2v) is 5.77. The van der Waals surface area contributed by atoms with Crippen molar-refractivity contribution in [1.82, 2.24) is 4.98 Å². The Morgan fingerprint density at radius 3 is 2.94 bits per heavy atom. The lowest BCUT2D eigenvalue weighted by Gasteiger charge is -2.00. The van der Waals surface area contributed by atoms with Gasteiger partial charge in [-0.15, -0.1) is 11.3 Å². The molecule has 7 nitrogen and oxygen atoms in total. The highest BCUT2D eigenvalue weighted by Gasteiger charge is 2.10. The summed E-state index contributed by atoms with van der Waals surface area (Å²) in [7, 11) is -2.14. The number of thiazole rings is 1. The normalized spacial score (nSPS) is 11.2. The first-order valence-corrected chi connectivity index (χ1v) is 7.30. The summed E-state index contributed by atoms with van der Waals surface area (Å²) in [6, 6.07) is 0. The first-order chi connectivity index (χ1) is 7.92. The van der Waals surface area contributed by atoms with Crippen LogP contribution in [0.1, 0.15) is 16.9 Å². The summed E-state index contributed by atoms with van der Waals surface area (Å²) < 4.78 is 25.8. The first kappa shape index (κ1) is 13.9. The van der Waals surface area contributed by atoms with E-state index in [1.807, 2.05) is 0 Å². The number of nitrogens with zero attached hydrogens (tertiary/aromatic N) is 1. The molecule has 0 aromatic carbocycles. The molecule has 0 saturated heterocycles. The van der Waals surface area contributed by atoms with Crippen molar-refractivity contribution in [2.24, 2.45) is 5.14 Å². The Morgan fingerprint density at radius 2 is 2.35 bits per heavy atom. The Labute approximate surface area is 103 Å². The van der Waals surface area contributed by atoms with E-state index in [9.17, 15) is 13.2 Å². The number of primary sulfonamides is 1. The summed E-state index contributed by atoms with van der Waals surface area (Å²) in [5, 5.41) is 9.85. The second kappa shape index (κ2) is 5.94. The Morgan fingerprint density at radius 1 is 1.65 bits per heavy atom. The maximum Gasteiger partial charge on any atom is 0.357 e. The Bertz CT molecular complexity index is 483. The lowest BCUT2D eigenvalue weighted by molar-refractivity contribution is 0.0595. The van der Waals surface area contributed by atoms with Crippen LogP contribution in [-0.2, 0) is 14.8 Å². The molecule has 0 aliphatic carbocycles. The van der Waals surface area contributed by atoms with Crippen molar-refractivity contribution < 1.29 is 17.9 Å². The molecular formula is C8H13N3O4S2. The van der Waals surface area contributed by atoms with E-state index in [2.05, 4.69) is 15.0 Å². The van der Waals surface area contributed by atoms with Gasteiger partial charge in [0.2, 0.25) is 10.0 Å². The molecule has 1 aromatic rings. The minimum atomic E-state index is -3.42. The van der Waals surface area contributed by atoms with Gasteiger partial charge in [-0.2, -0.15) is 0 Å². The van der Waals surface area contributed by atoms with Crippen LogP contribution in [0.15, 0.2) is 5.38 Å². The van der Waals surface area contributed by atoms with E-state index in [-0.39, 0.29) is 11.4 Å². The fourth-order valence-corrected chi connectivity index (χ4v) is 2.28. The molecule has 0 aliphatic heterocycles. The predicted molar refractivity (Wildman–Crippen MR) is 64.5 cm³/mol. The number of carbonyl (C=O) groups excluding carboxylic acids is 1. The third kappa shape index (κ3) is 5.11. The minimum absolute atomic E-state index is 0.0881. The van der Waals surface area contributed by atoms with Crippen LogP contribution in [-0.4, -0.2) is 38.8 Å². The van der Waals surface area contributed by atoms with Crippen molar-refractivity contribution in [2.45, 2.75) is 6.42 Å². The molecule has 0 unspecified atom stereocenters. The number of methoxy groups -OCH3 is 1. The van der Waals surface area contributed by atoms with E-state index in [0.29, 0.717) is 18.1 Å². The number of rotatable bonds is 6. The number of hydrogen-bond acceptors (Lipinski definition) is 7. The zero-order valence-electron chi connectivity index (χ0n) is 9.17. The zero-order chi connectivity index (χ0) is 12.9. The largest absolute Gasteiger partial charge is 0.464 e. The fraction of sp³-hybridized carbons (Fsp3) is 0.500. The lowest BCUT2D eigenvalue weighted by atomic mass is 10.5. The molecule has 96 valence electrons. The molecule has 0 spiro atoms. The van der Waals surface area contributed by atoms with Gasteiger partial charge in [-0.3, -0.25) is 0 Å². The van der Waals surface area contributed by atoms with Crippen molar-refractivity contribution in [1.29, 1.82) is 0 Å². The predicted octanol–water partition coefficient (Wildman–Crippen LogP) is 0.0202. The fourth-order valence-electron chi connectivity index (χ4n) is 1.02. The number of hydrogen-bond donors (Lipinski definition) is 2. The number of carbonyl (C=O) groups is 1. The van der Waals surface area contributed by atoms with Crippen molar-refractivity contribution >= 4 is 32.5 Å². The quantitative estimate of drug-likeness (QED) is 0.561. The molecule has 1 heterocycles. The molecule has 9 heteroatoms. The van der Waals surface area contributed by atoms with Gasteiger partial charge in [0.1, 0.15) is 0 Å². The molecule has 3 N–H and O–H groups in total. The van der Waals surface area contributed by atoms with Crippen LogP contribution in [0.25, 0.3) is 0 Å². The average Bonchev–Trinajstić information content (AvgIpc) is 2.70. The van der Waals surface area contributed by atoms with E-state index < -0.39 is 16.0 Å². The van der Waals surface area contributed by atoms with Crippen LogP contribution in [0, 0.1) is 0 Å². The topological polar surface area (TPSA) is 111 Å². The Hall–Kier alpha value is -1.19. The molecule has 0 amide bonds. The molecule has 0 radical (unpaired) electrons. The van der Waals surface area contributed by atoms with Crippen LogP contribution in [0.3, 0.4) is 0 Å². The monoisotopic (exact) mass is 279 g/mol. The van der Waals surface area contributed by atoms with Crippen LogP contribution < -0.4 is 10.5 Å². The van der Waals surface area contributed by atoms with Gasteiger partial charge in [0.25, 0.3) is 0 Å². The van der Waals surface area contributed by atoms with Gasteiger partial charge in [0.15, 0.2) is 10.8 Å². The number of anilines is 1. The number of nitrogens with one attached hydrogen (secondary N) is 1. The van der Waals surface area contributed by atoms with Crippen LogP contribution in [0.2, 0.25) is 0 Å². The smallest absolute Gasteiger partial charge is 0.357 e. The Kier molecular flexibility index (Phi) is 4.85. The van der Waals surface area contributed by atoms with E-state index in [0.717, 1.165) is 0 Å². The molecule has 17 heavy (non-hydrogen) atoms. The van der Waals surface area contributed by atoms with Crippen molar-refractivity contribution in [3.05, 3.63) is 11.1 Å². The first-order valence-electron chi connectivity index (χ1n) is 4.70. The highest BCUT2D eigenvalue weighted by Crippen LogP contribution is 2.15. The van der Waals surface area contributed by atoms with Crippen LogP contribution >= 0.6 is 11.3 Å². The van der Waals surface area contributed by atoms with Crippen molar-refractivity contribution in [3.8, 4) is 0 Å². The molecule has 1 rings (SSSR count). The summed E-state index contributed by atoms with van der Waals surface area (Å²) >= 11 is 1.25. The number of aromatic nitrogens is 1. The van der Waals surface area contributed by atoms with Gasteiger partial charge in [-0.25, -0.2) is 23.3 Å². The second-order valence-electron chi connectivity index (χ2n) is 3.18. The molecule has 0 bridgehead atoms. The number of sulfonamides is 1. The van der Waals surface area contributed by atoms with E-state index >= 15 is 0 Å². The standard InChI is InChI=1S/C8H13N3O4S2/c1-15-7(12)6-5-16-8(11-6)10-3-2-4-17(9,13)14/h5H,2-4H2,1H3,(H,10,11)(H2,9,13,14). The minimum Gasteiger partial charge on any atom is -0.464 e. The van der Waals surface area contributed by atoms with Crippen LogP contribution in [0.5, 0.6) is 0 Å². The van der Waals surface area contributed by atoms with Crippen LogP contribution in [0.4, 0.5) is 5.13 Å². The summed E-state index contributed by atoms with van der Waals surface area (Å²) in [5.41, 5.74) is 0.228. The highest BCUT2D eigenvalue weighted by atomic mass is 32.2. The highest BCUT2D eigenvalue weighted by molar-refractivity contribution is 7.89. The molecule has 0 aliphatic rings. The van der Waals surface area contributed by atoms with Gasteiger partial charge in [0.05, 0.1) is 12.9 Å². The van der Waals surface area contributed by atoms with Gasteiger partial charge in [-0.1, -0.05) is 0 Å². The number of ether oxygens (including phenoxy) is 1. The number of nitrogens with two attached hydrogens (primary N) is 1. The maximum absolute atomic E-state index is 11.1. The zero-order valence-corrected chi connectivity index (χ0v) is 10.8. The van der Waals surface area contributed by atoms with Crippen molar-refractivity contribution in [3.63, 3.8) is 0 Å². The molecule has 1 aromatic heterocycles. The SMILES string of the molecule is COC(=O)c1csc(NCCCS(N)(=O)=O)n1. The average molecular weight is 279 g/mol. The summed E-state index contributed by atoms with van der Waals surface area (Å²) in [4.78, 5) is 15.1. The third-order valence-electron chi connectivity index (χ3n) is 1.78. The van der Waals surface area contributed by atoms with Gasteiger partial charge in [-0.05, 0) is 6.42 Å². The molecule has 0 saturated carbocycles. The lowest BCUT2D eigenvalue weighted by Crippen LogP contribution is -2.18. The van der Waals surface area contributed by atoms with E-state index in [1.165, 1.54) is 18.4 Å². The summed E-state index contributed by atoms with van der Waals surface area (Å²) in [6.45, 7) is 0.421. The maximum atomic E-state index is 11.1.